The van der Waals surface area contributed by atoms with Crippen LogP contribution < -0.4 is 4.74 Å². The van der Waals surface area contributed by atoms with Gasteiger partial charge in [-0.2, -0.15) is 0 Å². The van der Waals surface area contributed by atoms with Crippen LogP contribution >= 0.6 is 0 Å². The van der Waals surface area contributed by atoms with E-state index in [0.29, 0.717) is 18.3 Å². The zero-order valence-electron chi connectivity index (χ0n) is 11.9. The Labute approximate surface area is 115 Å². The Morgan fingerprint density at radius 1 is 1.37 bits per heavy atom. The van der Waals surface area contributed by atoms with Gasteiger partial charge in [-0.25, -0.2) is 4.79 Å². The summed E-state index contributed by atoms with van der Waals surface area (Å²) >= 11 is 0. The Morgan fingerprint density at radius 2 is 2.05 bits per heavy atom. The maximum absolute atomic E-state index is 10.9. The molecule has 0 radical (unpaired) electrons. The van der Waals surface area contributed by atoms with Gasteiger partial charge in [-0.15, -0.1) is 0 Å². The van der Waals surface area contributed by atoms with Gasteiger partial charge in [0.05, 0.1) is 12.2 Å². The summed E-state index contributed by atoms with van der Waals surface area (Å²) in [5, 5.41) is 8.91. The molecule has 0 saturated heterocycles. The van der Waals surface area contributed by atoms with Crippen molar-refractivity contribution in [3.8, 4) is 5.75 Å². The molecule has 0 heterocycles. The van der Waals surface area contributed by atoms with Crippen LogP contribution in [0.5, 0.6) is 5.75 Å². The van der Waals surface area contributed by atoms with Crippen LogP contribution in [0.3, 0.4) is 0 Å². The molecule has 1 aromatic carbocycles. The molecular formula is C15H23NO3. The van der Waals surface area contributed by atoms with Gasteiger partial charge in [0.15, 0.2) is 0 Å². The molecule has 0 aliphatic carbocycles. The van der Waals surface area contributed by atoms with E-state index in [2.05, 4.69) is 25.7 Å². The van der Waals surface area contributed by atoms with Crippen LogP contribution in [0.1, 0.15) is 31.1 Å². The number of aromatic carboxylic acids is 1. The zero-order valence-corrected chi connectivity index (χ0v) is 11.9. The van der Waals surface area contributed by atoms with Crippen LogP contribution in [0.15, 0.2) is 24.3 Å². The first kappa shape index (κ1) is 15.5. The van der Waals surface area contributed by atoms with Crippen molar-refractivity contribution >= 4 is 5.97 Å². The first-order chi connectivity index (χ1) is 9.06. The number of hydrogen-bond acceptors (Lipinski definition) is 3. The number of nitrogens with zero attached hydrogens (tertiary/aromatic N) is 1. The monoisotopic (exact) mass is 265 g/mol. The molecule has 1 N–H and O–H groups in total. The van der Waals surface area contributed by atoms with E-state index < -0.39 is 5.97 Å². The maximum atomic E-state index is 10.9. The highest BCUT2D eigenvalue weighted by molar-refractivity contribution is 5.87. The molecule has 0 bridgehead atoms. The van der Waals surface area contributed by atoms with Gasteiger partial charge in [0.2, 0.25) is 0 Å². The largest absolute Gasteiger partial charge is 0.493 e. The molecule has 0 fully saturated rings. The topological polar surface area (TPSA) is 49.8 Å². The van der Waals surface area contributed by atoms with Gasteiger partial charge in [-0.05, 0) is 31.3 Å². The Kier molecular flexibility index (Phi) is 6.36. The molecule has 0 aliphatic rings. The quantitative estimate of drug-likeness (QED) is 0.785. The second kappa shape index (κ2) is 7.79. The zero-order chi connectivity index (χ0) is 14.3. The second-order valence-corrected chi connectivity index (χ2v) is 4.74. The Hall–Kier alpha value is -1.55. The van der Waals surface area contributed by atoms with Crippen LogP contribution in [0.4, 0.5) is 0 Å². The van der Waals surface area contributed by atoms with E-state index >= 15 is 0 Å². The molecule has 0 amide bonds. The second-order valence-electron chi connectivity index (χ2n) is 4.74. The first-order valence-electron chi connectivity index (χ1n) is 6.75. The average Bonchev–Trinajstić information content (AvgIpc) is 2.42. The van der Waals surface area contributed by atoms with Crippen LogP contribution in [0, 0.1) is 5.92 Å². The van der Waals surface area contributed by atoms with Gasteiger partial charge in [-0.3, -0.25) is 0 Å². The number of carboxylic acids is 1. The molecule has 106 valence electrons. The molecule has 0 saturated carbocycles. The fourth-order valence-electron chi connectivity index (χ4n) is 1.93. The molecule has 1 atom stereocenters. The summed E-state index contributed by atoms with van der Waals surface area (Å²) in [4.78, 5) is 13.2. The minimum atomic E-state index is -0.929. The van der Waals surface area contributed by atoms with E-state index in [0.717, 1.165) is 19.6 Å². The summed E-state index contributed by atoms with van der Waals surface area (Å²) in [6.07, 6.45) is 0. The van der Waals surface area contributed by atoms with Gasteiger partial charge in [0.1, 0.15) is 5.75 Å². The lowest BCUT2D eigenvalue weighted by atomic mass is 10.2. The molecule has 1 unspecified atom stereocenters. The summed E-state index contributed by atoms with van der Waals surface area (Å²) in [5.41, 5.74) is 0.258. The predicted octanol–water partition coefficient (Wildman–Crippen LogP) is 2.74. The number of ether oxygens (including phenoxy) is 1. The van der Waals surface area contributed by atoms with Crippen LogP contribution in [-0.4, -0.2) is 42.2 Å². The van der Waals surface area contributed by atoms with Gasteiger partial charge in [0, 0.05) is 12.5 Å². The number of carboxylic acid groups (broad SMARTS) is 1. The minimum Gasteiger partial charge on any atom is -0.493 e. The molecule has 4 nitrogen and oxygen atoms in total. The third kappa shape index (κ3) is 5.30. The average molecular weight is 265 g/mol. The highest BCUT2D eigenvalue weighted by Crippen LogP contribution is 2.14. The Bertz CT molecular complexity index is 402. The third-order valence-electron chi connectivity index (χ3n) is 3.08. The standard InChI is InChI=1S/C15H23NO3/c1-4-16(5-2)10-12(3)11-19-14-8-6-7-13(9-14)15(17)18/h6-9,12H,4-5,10-11H2,1-3H3,(H,17,18). The molecular weight excluding hydrogens is 242 g/mol. The molecule has 0 aromatic heterocycles. The van der Waals surface area contributed by atoms with Crippen LogP contribution in [-0.2, 0) is 0 Å². The van der Waals surface area contributed by atoms with Crippen molar-refractivity contribution in [2.45, 2.75) is 20.8 Å². The fraction of sp³-hybridized carbons (Fsp3) is 0.533. The summed E-state index contributed by atoms with van der Waals surface area (Å²) < 4.78 is 5.66. The maximum Gasteiger partial charge on any atom is 0.335 e. The van der Waals surface area contributed by atoms with E-state index in [1.165, 1.54) is 0 Å². The molecule has 0 aliphatic heterocycles. The SMILES string of the molecule is CCN(CC)CC(C)COc1cccc(C(=O)O)c1. The number of rotatable bonds is 8. The van der Waals surface area contributed by atoms with Crippen molar-refractivity contribution in [1.82, 2.24) is 4.90 Å². The van der Waals surface area contributed by atoms with E-state index in [4.69, 9.17) is 9.84 Å². The summed E-state index contributed by atoms with van der Waals surface area (Å²) in [6.45, 7) is 10.1. The van der Waals surface area contributed by atoms with Crippen LogP contribution in [0.25, 0.3) is 0 Å². The lowest BCUT2D eigenvalue weighted by Gasteiger charge is -2.22. The Balaban J connectivity index is 2.47. The van der Waals surface area contributed by atoms with E-state index in [9.17, 15) is 4.79 Å². The molecule has 0 spiro atoms. The van der Waals surface area contributed by atoms with Gasteiger partial charge >= 0.3 is 5.97 Å². The predicted molar refractivity (Wildman–Crippen MR) is 75.8 cm³/mol. The third-order valence-corrected chi connectivity index (χ3v) is 3.08. The lowest BCUT2D eigenvalue weighted by Crippen LogP contribution is -2.30. The molecule has 4 heteroatoms. The number of benzene rings is 1. The summed E-state index contributed by atoms with van der Waals surface area (Å²) in [7, 11) is 0. The summed E-state index contributed by atoms with van der Waals surface area (Å²) in [6, 6.07) is 6.62. The van der Waals surface area contributed by atoms with Gasteiger partial charge < -0.3 is 14.7 Å². The van der Waals surface area contributed by atoms with E-state index in [1.54, 1.807) is 24.3 Å². The van der Waals surface area contributed by atoms with Gasteiger partial charge in [-0.1, -0.05) is 26.8 Å². The summed E-state index contributed by atoms with van der Waals surface area (Å²) in [5.74, 6) is 0.0984. The van der Waals surface area contributed by atoms with Crippen molar-refractivity contribution in [2.24, 2.45) is 5.92 Å². The molecule has 1 aromatic rings. The van der Waals surface area contributed by atoms with Crippen molar-refractivity contribution < 1.29 is 14.6 Å². The van der Waals surface area contributed by atoms with Crippen molar-refractivity contribution in [3.05, 3.63) is 29.8 Å². The first-order valence-corrected chi connectivity index (χ1v) is 6.75. The highest BCUT2D eigenvalue weighted by atomic mass is 16.5. The van der Waals surface area contributed by atoms with Crippen molar-refractivity contribution in [1.29, 1.82) is 0 Å². The molecule has 19 heavy (non-hydrogen) atoms. The van der Waals surface area contributed by atoms with E-state index in [1.807, 2.05) is 0 Å². The Morgan fingerprint density at radius 3 is 2.63 bits per heavy atom. The number of hydrogen-bond donors (Lipinski definition) is 1. The lowest BCUT2D eigenvalue weighted by molar-refractivity contribution is 0.0696. The minimum absolute atomic E-state index is 0.258. The van der Waals surface area contributed by atoms with E-state index in [-0.39, 0.29) is 5.56 Å². The molecule has 1 rings (SSSR count). The normalized spacial score (nSPS) is 12.4. The van der Waals surface area contributed by atoms with Crippen molar-refractivity contribution in [3.63, 3.8) is 0 Å². The van der Waals surface area contributed by atoms with Crippen LogP contribution in [0.2, 0.25) is 0 Å². The fourth-order valence-corrected chi connectivity index (χ4v) is 1.93. The van der Waals surface area contributed by atoms with Gasteiger partial charge in [0.25, 0.3) is 0 Å². The smallest absolute Gasteiger partial charge is 0.335 e. The highest BCUT2D eigenvalue weighted by Gasteiger charge is 2.09. The number of carbonyl (C=O) groups is 1. The van der Waals surface area contributed by atoms with Crippen molar-refractivity contribution in [2.75, 3.05) is 26.2 Å².